The van der Waals surface area contributed by atoms with Crippen LogP contribution in [-0.4, -0.2) is 32.5 Å². The molecule has 5 aromatic rings. The predicted molar refractivity (Wildman–Crippen MR) is 184 cm³/mol. The smallest absolute Gasteiger partial charge is 0.240 e. The first-order valence-corrected chi connectivity index (χ1v) is 17.9. The SMILES string of the molecule is COc1ccccc1SCC1CC(c2ccc(CO)cc2)OC(c2ccc(-c3cccc(CNS(=O)(=O)c4ccccc4)c3)cc2)O1. The van der Waals surface area contributed by atoms with Crippen LogP contribution >= 0.6 is 11.8 Å². The van der Waals surface area contributed by atoms with Crippen LogP contribution < -0.4 is 9.46 Å². The second kappa shape index (κ2) is 15.3. The Balaban J connectivity index is 1.17. The van der Waals surface area contributed by atoms with Gasteiger partial charge in [-0.15, -0.1) is 11.8 Å². The minimum Gasteiger partial charge on any atom is -0.496 e. The molecule has 2 N–H and O–H groups in total. The Hall–Kier alpha value is -3.96. The molecule has 0 bridgehead atoms. The quantitative estimate of drug-likeness (QED) is 0.132. The standard InChI is InChI=1S/C38H37NO6S2/c1-43-35-12-5-6-13-37(35)46-26-33-23-36(30-16-14-27(25-40)15-17-30)45-38(44-33)31-20-18-29(19-21-31)32-9-7-8-28(22-32)24-39-47(41,42)34-10-3-2-4-11-34/h2-22,33,36,38-40H,23-26H2,1H3. The van der Waals surface area contributed by atoms with Crippen LogP contribution in [-0.2, 0) is 32.6 Å². The van der Waals surface area contributed by atoms with E-state index in [0.29, 0.717) is 6.42 Å². The Morgan fingerprint density at radius 1 is 0.787 bits per heavy atom. The molecule has 1 heterocycles. The summed E-state index contributed by atoms with van der Waals surface area (Å²) in [6, 6.07) is 40.2. The van der Waals surface area contributed by atoms with Gasteiger partial charge in [-0.05, 0) is 58.1 Å². The molecular formula is C38H37NO6S2. The van der Waals surface area contributed by atoms with Crippen molar-refractivity contribution < 1.29 is 27.7 Å². The molecule has 0 aromatic heterocycles. The highest BCUT2D eigenvalue weighted by Gasteiger charge is 2.32. The van der Waals surface area contributed by atoms with Gasteiger partial charge in [0.05, 0.1) is 30.8 Å². The maximum atomic E-state index is 12.7. The zero-order chi connectivity index (χ0) is 32.6. The van der Waals surface area contributed by atoms with Crippen LogP contribution in [0.2, 0.25) is 0 Å². The van der Waals surface area contributed by atoms with Gasteiger partial charge < -0.3 is 19.3 Å². The second-order valence-electron chi connectivity index (χ2n) is 11.3. The molecule has 3 unspecified atom stereocenters. The van der Waals surface area contributed by atoms with Crippen molar-refractivity contribution in [2.75, 3.05) is 12.9 Å². The first-order valence-electron chi connectivity index (χ1n) is 15.4. The third kappa shape index (κ3) is 8.31. The maximum Gasteiger partial charge on any atom is 0.240 e. The van der Waals surface area contributed by atoms with E-state index in [0.717, 1.165) is 49.8 Å². The molecule has 0 radical (unpaired) electrons. The van der Waals surface area contributed by atoms with Crippen LogP contribution in [0.5, 0.6) is 5.75 Å². The minimum atomic E-state index is -3.61. The summed E-state index contributed by atoms with van der Waals surface area (Å²) in [6.45, 7) is 0.177. The number of methoxy groups -OCH3 is 1. The lowest BCUT2D eigenvalue weighted by molar-refractivity contribution is -0.245. The number of sulfonamides is 1. The van der Waals surface area contributed by atoms with E-state index >= 15 is 0 Å². The van der Waals surface area contributed by atoms with Crippen molar-refractivity contribution in [3.05, 3.63) is 150 Å². The monoisotopic (exact) mass is 667 g/mol. The fraction of sp³-hybridized carbons (Fsp3) is 0.211. The topological polar surface area (TPSA) is 94.1 Å². The molecule has 6 rings (SSSR count). The largest absolute Gasteiger partial charge is 0.496 e. The number of aliphatic hydroxyl groups is 1. The Morgan fingerprint density at radius 2 is 1.51 bits per heavy atom. The summed E-state index contributed by atoms with van der Waals surface area (Å²) < 4.78 is 46.7. The zero-order valence-electron chi connectivity index (χ0n) is 26.0. The van der Waals surface area contributed by atoms with Crippen molar-refractivity contribution in [1.29, 1.82) is 0 Å². The number of nitrogens with one attached hydrogen (secondary N) is 1. The molecule has 1 aliphatic rings. The van der Waals surface area contributed by atoms with Crippen LogP contribution in [0.15, 0.2) is 137 Å². The highest BCUT2D eigenvalue weighted by atomic mass is 32.2. The van der Waals surface area contributed by atoms with E-state index in [9.17, 15) is 13.5 Å². The number of ether oxygens (including phenoxy) is 3. The van der Waals surface area contributed by atoms with E-state index in [1.165, 1.54) is 0 Å². The van der Waals surface area contributed by atoms with Crippen molar-refractivity contribution in [2.45, 2.75) is 47.9 Å². The molecule has 3 atom stereocenters. The summed E-state index contributed by atoms with van der Waals surface area (Å²) in [5.41, 5.74) is 5.64. The molecule has 1 aliphatic heterocycles. The number of rotatable bonds is 12. The molecule has 9 heteroatoms. The van der Waals surface area contributed by atoms with Gasteiger partial charge in [0.15, 0.2) is 6.29 Å². The predicted octanol–water partition coefficient (Wildman–Crippen LogP) is 7.67. The second-order valence-corrected chi connectivity index (χ2v) is 14.1. The van der Waals surface area contributed by atoms with E-state index in [-0.39, 0.29) is 30.3 Å². The fourth-order valence-corrected chi connectivity index (χ4v) is 7.59. The Kier molecular flexibility index (Phi) is 10.7. The van der Waals surface area contributed by atoms with Crippen LogP contribution in [0.4, 0.5) is 0 Å². The summed E-state index contributed by atoms with van der Waals surface area (Å²) in [5, 5.41) is 9.52. The van der Waals surface area contributed by atoms with Crippen molar-refractivity contribution in [2.24, 2.45) is 0 Å². The molecular weight excluding hydrogens is 631 g/mol. The summed E-state index contributed by atoms with van der Waals surface area (Å²) in [7, 11) is -1.93. The summed E-state index contributed by atoms with van der Waals surface area (Å²) in [4.78, 5) is 1.30. The summed E-state index contributed by atoms with van der Waals surface area (Å²) in [6.07, 6.45) is -0.138. The van der Waals surface area contributed by atoms with Crippen molar-refractivity contribution >= 4 is 21.8 Å². The number of benzene rings is 5. The minimum absolute atomic E-state index is 0.00568. The summed E-state index contributed by atoms with van der Waals surface area (Å²) >= 11 is 1.70. The van der Waals surface area contributed by atoms with Crippen LogP contribution in [0, 0.1) is 0 Å². The van der Waals surface area contributed by atoms with E-state index in [1.54, 1.807) is 49.2 Å². The number of para-hydroxylation sites is 1. The highest BCUT2D eigenvalue weighted by molar-refractivity contribution is 7.99. The first-order chi connectivity index (χ1) is 22.9. The molecule has 1 fully saturated rings. The van der Waals surface area contributed by atoms with Crippen molar-refractivity contribution in [3.8, 4) is 16.9 Å². The third-order valence-electron chi connectivity index (χ3n) is 8.07. The normalized spacial score (nSPS) is 18.1. The van der Waals surface area contributed by atoms with Crippen LogP contribution in [0.1, 0.15) is 41.1 Å². The van der Waals surface area contributed by atoms with Gasteiger partial charge in [-0.25, -0.2) is 13.1 Å². The molecule has 47 heavy (non-hydrogen) atoms. The van der Waals surface area contributed by atoms with Gasteiger partial charge in [0.25, 0.3) is 0 Å². The van der Waals surface area contributed by atoms with E-state index in [4.69, 9.17) is 14.2 Å². The van der Waals surface area contributed by atoms with Gasteiger partial charge in [0, 0.05) is 29.2 Å². The van der Waals surface area contributed by atoms with Gasteiger partial charge in [-0.3, -0.25) is 0 Å². The van der Waals surface area contributed by atoms with Gasteiger partial charge >= 0.3 is 0 Å². The van der Waals surface area contributed by atoms with Gasteiger partial charge in [0.1, 0.15) is 5.75 Å². The highest BCUT2D eigenvalue weighted by Crippen LogP contribution is 2.40. The van der Waals surface area contributed by atoms with Crippen molar-refractivity contribution in [3.63, 3.8) is 0 Å². The van der Waals surface area contributed by atoms with Gasteiger partial charge in [-0.2, -0.15) is 0 Å². The van der Waals surface area contributed by atoms with Crippen LogP contribution in [0.3, 0.4) is 0 Å². The van der Waals surface area contributed by atoms with Gasteiger partial charge in [0.2, 0.25) is 10.0 Å². The molecule has 0 amide bonds. The summed E-state index contributed by atoms with van der Waals surface area (Å²) in [5.74, 6) is 1.56. The van der Waals surface area contributed by atoms with Gasteiger partial charge in [-0.1, -0.05) is 97.1 Å². The maximum absolute atomic E-state index is 12.7. The number of hydrogen-bond acceptors (Lipinski definition) is 7. The van der Waals surface area contributed by atoms with Crippen LogP contribution in [0.25, 0.3) is 11.1 Å². The molecule has 5 aromatic carbocycles. The van der Waals surface area contributed by atoms with E-state index in [2.05, 4.69) is 10.8 Å². The Labute approximate surface area is 280 Å². The average molecular weight is 668 g/mol. The molecule has 7 nitrogen and oxygen atoms in total. The lowest BCUT2D eigenvalue weighted by atomic mass is 9.99. The Morgan fingerprint density at radius 3 is 2.26 bits per heavy atom. The van der Waals surface area contributed by atoms with Crippen molar-refractivity contribution in [1.82, 2.24) is 4.72 Å². The van der Waals surface area contributed by atoms with E-state index < -0.39 is 16.3 Å². The first kappa shape index (κ1) is 33.0. The zero-order valence-corrected chi connectivity index (χ0v) is 27.6. The van der Waals surface area contributed by atoms with E-state index in [1.807, 2.05) is 91.0 Å². The molecule has 0 spiro atoms. The average Bonchev–Trinajstić information content (AvgIpc) is 3.14. The number of hydrogen-bond donors (Lipinski definition) is 2. The molecule has 1 saturated heterocycles. The Bertz CT molecular complexity index is 1870. The molecule has 242 valence electrons. The lowest BCUT2D eigenvalue weighted by Crippen LogP contribution is -2.31. The molecule has 0 saturated carbocycles. The lowest BCUT2D eigenvalue weighted by Gasteiger charge is -2.36. The fourth-order valence-electron chi connectivity index (χ4n) is 5.50. The number of thioether (sulfide) groups is 1. The number of aliphatic hydroxyl groups excluding tert-OH is 1. The molecule has 0 aliphatic carbocycles. The third-order valence-corrected chi connectivity index (χ3v) is 10.7.